The summed E-state index contributed by atoms with van der Waals surface area (Å²) in [6, 6.07) is 10.3. The molecule has 1 aromatic rings. The summed E-state index contributed by atoms with van der Waals surface area (Å²) in [7, 11) is 0. The van der Waals surface area contributed by atoms with Gasteiger partial charge in [-0.3, -0.25) is 14.5 Å². The van der Waals surface area contributed by atoms with Crippen molar-refractivity contribution in [2.24, 2.45) is 11.3 Å². The number of piperidine rings is 1. The summed E-state index contributed by atoms with van der Waals surface area (Å²) < 4.78 is 0. The number of likely N-dealkylation sites (tertiary alicyclic amines) is 1. The summed E-state index contributed by atoms with van der Waals surface area (Å²) in [6.45, 7) is 11.3. The minimum Gasteiger partial charge on any atom is -0.342 e. The van der Waals surface area contributed by atoms with Gasteiger partial charge in [0.05, 0.1) is 0 Å². The summed E-state index contributed by atoms with van der Waals surface area (Å²) in [6.07, 6.45) is 6.52. The van der Waals surface area contributed by atoms with Crippen molar-refractivity contribution < 1.29 is 9.59 Å². The van der Waals surface area contributed by atoms with Gasteiger partial charge in [-0.1, -0.05) is 49.4 Å². The minimum absolute atomic E-state index is 0.0118. The fraction of sp³-hybridized carbons (Fsp3) is 0.583. The third-order valence-corrected chi connectivity index (χ3v) is 6.15. The number of piperazine rings is 1. The van der Waals surface area contributed by atoms with Gasteiger partial charge in [0.1, 0.15) is 5.41 Å². The molecule has 2 amide bonds. The summed E-state index contributed by atoms with van der Waals surface area (Å²) >= 11 is 0. The van der Waals surface area contributed by atoms with E-state index in [0.717, 1.165) is 39.1 Å². The highest BCUT2D eigenvalue weighted by Crippen LogP contribution is 2.26. The van der Waals surface area contributed by atoms with Crippen LogP contribution >= 0.6 is 0 Å². The van der Waals surface area contributed by atoms with Crippen LogP contribution in [0.5, 0.6) is 0 Å². The molecule has 1 atom stereocenters. The van der Waals surface area contributed by atoms with Crippen molar-refractivity contribution >= 4 is 17.9 Å². The number of carbonyl (C=O) groups excluding carboxylic acids is 2. The lowest BCUT2D eigenvalue weighted by molar-refractivity contribution is -0.156. The molecular weight excluding hydrogens is 362 g/mol. The molecule has 0 saturated carbocycles. The van der Waals surface area contributed by atoms with Crippen LogP contribution in [0.1, 0.15) is 39.2 Å². The van der Waals surface area contributed by atoms with Crippen molar-refractivity contribution in [2.45, 2.75) is 33.6 Å². The molecule has 2 fully saturated rings. The van der Waals surface area contributed by atoms with Crippen LogP contribution in [0.3, 0.4) is 0 Å². The highest BCUT2D eigenvalue weighted by atomic mass is 16.2. The molecule has 0 aromatic heterocycles. The molecule has 0 radical (unpaired) electrons. The summed E-state index contributed by atoms with van der Waals surface area (Å²) in [4.78, 5) is 32.3. The maximum atomic E-state index is 13.1. The Bertz CT molecular complexity index is 721. The molecule has 5 heteroatoms. The molecule has 0 spiro atoms. The molecule has 2 heterocycles. The molecule has 1 unspecified atom stereocenters. The maximum Gasteiger partial charge on any atom is 0.237 e. The standard InChI is InChI=1S/C24H35N3O2/c1-20-9-7-14-27(19-20)23(29)24(2,3)22(28)26-17-15-25(16-18-26)13-8-12-21-10-5-4-6-11-21/h4-6,8,10-12,20H,7,9,13-19H2,1-3H3/b12-8+. The fourth-order valence-corrected chi connectivity index (χ4v) is 4.29. The van der Waals surface area contributed by atoms with Crippen LogP contribution in [-0.4, -0.2) is 72.3 Å². The van der Waals surface area contributed by atoms with Gasteiger partial charge in [0.2, 0.25) is 11.8 Å². The predicted molar refractivity (Wildman–Crippen MR) is 117 cm³/mol. The van der Waals surface area contributed by atoms with E-state index >= 15 is 0 Å². The smallest absolute Gasteiger partial charge is 0.237 e. The van der Waals surface area contributed by atoms with E-state index in [9.17, 15) is 9.59 Å². The Morgan fingerprint density at radius 3 is 2.31 bits per heavy atom. The van der Waals surface area contributed by atoms with E-state index in [1.54, 1.807) is 13.8 Å². The van der Waals surface area contributed by atoms with Crippen LogP contribution in [0.2, 0.25) is 0 Å². The van der Waals surface area contributed by atoms with Crippen LogP contribution in [0.25, 0.3) is 6.08 Å². The average molecular weight is 398 g/mol. The Morgan fingerprint density at radius 1 is 1.00 bits per heavy atom. The van der Waals surface area contributed by atoms with Crippen LogP contribution in [0, 0.1) is 11.3 Å². The van der Waals surface area contributed by atoms with Crippen LogP contribution in [-0.2, 0) is 9.59 Å². The van der Waals surface area contributed by atoms with Crippen molar-refractivity contribution in [3.05, 3.63) is 42.0 Å². The molecule has 158 valence electrons. The second-order valence-corrected chi connectivity index (χ2v) is 9.03. The molecule has 0 bridgehead atoms. The minimum atomic E-state index is -0.980. The third-order valence-electron chi connectivity index (χ3n) is 6.15. The molecule has 3 rings (SSSR count). The second-order valence-electron chi connectivity index (χ2n) is 9.03. The first kappa shape index (κ1) is 21.6. The van der Waals surface area contributed by atoms with E-state index in [0.29, 0.717) is 19.0 Å². The zero-order valence-corrected chi connectivity index (χ0v) is 18.1. The SMILES string of the molecule is CC1CCCN(C(=O)C(C)(C)C(=O)N2CCN(C/C=C/c3ccccc3)CC2)C1. The highest BCUT2D eigenvalue weighted by molar-refractivity contribution is 6.04. The number of benzene rings is 1. The lowest BCUT2D eigenvalue weighted by Gasteiger charge is -2.40. The van der Waals surface area contributed by atoms with Gasteiger partial charge in [0.25, 0.3) is 0 Å². The first-order valence-corrected chi connectivity index (χ1v) is 10.9. The van der Waals surface area contributed by atoms with Crippen molar-refractivity contribution in [3.8, 4) is 0 Å². The van der Waals surface area contributed by atoms with E-state index < -0.39 is 5.41 Å². The van der Waals surface area contributed by atoms with Crippen molar-refractivity contribution in [3.63, 3.8) is 0 Å². The van der Waals surface area contributed by atoms with Gasteiger partial charge >= 0.3 is 0 Å². The van der Waals surface area contributed by atoms with Gasteiger partial charge in [0, 0.05) is 45.8 Å². The number of rotatable bonds is 5. The van der Waals surface area contributed by atoms with Crippen LogP contribution in [0.15, 0.2) is 36.4 Å². The maximum absolute atomic E-state index is 13.1. The number of hydrogen-bond donors (Lipinski definition) is 0. The quantitative estimate of drug-likeness (QED) is 0.717. The van der Waals surface area contributed by atoms with Gasteiger partial charge in [-0.2, -0.15) is 0 Å². The summed E-state index contributed by atoms with van der Waals surface area (Å²) in [5, 5.41) is 0. The third kappa shape index (κ3) is 5.47. The largest absolute Gasteiger partial charge is 0.342 e. The molecule has 2 saturated heterocycles. The average Bonchev–Trinajstić information content (AvgIpc) is 2.74. The molecule has 0 N–H and O–H groups in total. The normalized spacial score (nSPS) is 21.6. The van der Waals surface area contributed by atoms with Crippen LogP contribution in [0.4, 0.5) is 0 Å². The molecule has 2 aliphatic rings. The van der Waals surface area contributed by atoms with Crippen molar-refractivity contribution in [1.82, 2.24) is 14.7 Å². The van der Waals surface area contributed by atoms with E-state index in [1.165, 1.54) is 12.0 Å². The summed E-state index contributed by atoms with van der Waals surface area (Å²) in [5.41, 5.74) is 0.223. The Labute approximate surface area is 175 Å². The van der Waals surface area contributed by atoms with E-state index in [4.69, 9.17) is 0 Å². The number of nitrogens with zero attached hydrogens (tertiary/aromatic N) is 3. The monoisotopic (exact) mass is 397 g/mol. The number of amides is 2. The van der Waals surface area contributed by atoms with E-state index in [2.05, 4.69) is 36.1 Å². The van der Waals surface area contributed by atoms with Crippen LogP contribution < -0.4 is 0 Å². The molecule has 1 aromatic carbocycles. The number of carbonyl (C=O) groups is 2. The van der Waals surface area contributed by atoms with Gasteiger partial charge in [-0.05, 0) is 38.2 Å². The van der Waals surface area contributed by atoms with Gasteiger partial charge in [0.15, 0.2) is 0 Å². The first-order chi connectivity index (χ1) is 13.9. The fourth-order valence-electron chi connectivity index (χ4n) is 4.29. The van der Waals surface area contributed by atoms with E-state index in [-0.39, 0.29) is 11.8 Å². The lowest BCUT2D eigenvalue weighted by atomic mass is 9.87. The zero-order valence-electron chi connectivity index (χ0n) is 18.1. The van der Waals surface area contributed by atoms with Crippen molar-refractivity contribution in [1.29, 1.82) is 0 Å². The Kier molecular flexibility index (Phi) is 7.12. The van der Waals surface area contributed by atoms with Gasteiger partial charge in [-0.15, -0.1) is 0 Å². The predicted octanol–water partition coefficient (Wildman–Crippen LogP) is 3.13. The Hall–Kier alpha value is -2.14. The Morgan fingerprint density at radius 2 is 1.66 bits per heavy atom. The Balaban J connectivity index is 1.49. The second kappa shape index (κ2) is 9.57. The van der Waals surface area contributed by atoms with Gasteiger partial charge < -0.3 is 9.80 Å². The topological polar surface area (TPSA) is 43.9 Å². The molecule has 5 nitrogen and oxygen atoms in total. The molecule has 2 aliphatic heterocycles. The molecular formula is C24H35N3O2. The van der Waals surface area contributed by atoms with Crippen molar-refractivity contribution in [2.75, 3.05) is 45.8 Å². The summed E-state index contributed by atoms with van der Waals surface area (Å²) in [5.74, 6) is 0.480. The highest BCUT2D eigenvalue weighted by Gasteiger charge is 2.42. The van der Waals surface area contributed by atoms with E-state index in [1.807, 2.05) is 28.0 Å². The number of hydrogen-bond acceptors (Lipinski definition) is 3. The molecule has 29 heavy (non-hydrogen) atoms. The molecule has 0 aliphatic carbocycles. The van der Waals surface area contributed by atoms with Gasteiger partial charge in [-0.25, -0.2) is 0 Å². The first-order valence-electron chi connectivity index (χ1n) is 10.9. The lowest BCUT2D eigenvalue weighted by Crippen LogP contribution is -2.56. The zero-order chi connectivity index (χ0) is 20.9.